The Bertz CT molecular complexity index is 1160. The summed E-state index contributed by atoms with van der Waals surface area (Å²) in [6, 6.07) is 14.6. The van der Waals surface area contributed by atoms with Gasteiger partial charge in [0, 0.05) is 17.4 Å². The third kappa shape index (κ3) is 3.23. The van der Waals surface area contributed by atoms with Crippen molar-refractivity contribution in [3.63, 3.8) is 0 Å². The van der Waals surface area contributed by atoms with Crippen LogP contribution in [0.2, 0.25) is 0 Å². The zero-order valence-electron chi connectivity index (χ0n) is 14.8. The highest BCUT2D eigenvalue weighted by atomic mass is 16.4. The molecule has 4 rings (SSSR count). The molecule has 8 nitrogen and oxygen atoms in total. The lowest BCUT2D eigenvalue weighted by atomic mass is 10.1. The Morgan fingerprint density at radius 1 is 0.862 bits per heavy atom. The van der Waals surface area contributed by atoms with Crippen LogP contribution in [0.5, 0.6) is 0 Å². The van der Waals surface area contributed by atoms with E-state index in [9.17, 15) is 24.3 Å². The predicted molar refractivity (Wildman–Crippen MR) is 101 cm³/mol. The van der Waals surface area contributed by atoms with Crippen molar-refractivity contribution in [1.82, 2.24) is 4.98 Å². The molecule has 0 radical (unpaired) electrons. The van der Waals surface area contributed by atoms with Gasteiger partial charge < -0.3 is 15.2 Å². The third-order valence-electron chi connectivity index (χ3n) is 4.41. The smallest absolute Gasteiger partial charge is 0.267 e. The van der Waals surface area contributed by atoms with Gasteiger partial charge in [-0.25, -0.2) is 9.88 Å². The maximum absolute atomic E-state index is 12.7. The summed E-state index contributed by atoms with van der Waals surface area (Å²) in [5.74, 6) is -2.68. The number of nitrogens with one attached hydrogen (secondary N) is 1. The second-order valence-electron chi connectivity index (χ2n) is 6.21. The first kappa shape index (κ1) is 18.1. The first-order valence-electron chi connectivity index (χ1n) is 8.52. The monoisotopic (exact) mass is 386 g/mol. The van der Waals surface area contributed by atoms with Crippen LogP contribution in [0, 0.1) is 0 Å². The maximum Gasteiger partial charge on any atom is 0.267 e. The number of nitrogens with zero attached hydrogens (tertiary/aromatic N) is 2. The van der Waals surface area contributed by atoms with E-state index in [4.69, 9.17) is 0 Å². The molecule has 1 N–H and O–H groups in total. The minimum Gasteiger partial charge on any atom is -0.545 e. The number of carbonyl (C=O) groups excluding carboxylic acids is 4. The van der Waals surface area contributed by atoms with Gasteiger partial charge in [0.25, 0.3) is 17.7 Å². The fourth-order valence-corrected chi connectivity index (χ4v) is 2.97. The zero-order chi connectivity index (χ0) is 20.5. The first-order valence-corrected chi connectivity index (χ1v) is 8.52. The summed E-state index contributed by atoms with van der Waals surface area (Å²) < 4.78 is 0. The van der Waals surface area contributed by atoms with Crippen molar-refractivity contribution in [2.75, 3.05) is 10.2 Å². The Balaban J connectivity index is 1.59. The molecule has 1 aliphatic heterocycles. The Labute approximate surface area is 164 Å². The van der Waals surface area contributed by atoms with Gasteiger partial charge in [-0.2, -0.15) is 0 Å². The maximum atomic E-state index is 12.7. The van der Waals surface area contributed by atoms with Gasteiger partial charge in [-0.05, 0) is 48.0 Å². The molecule has 0 spiro atoms. The Morgan fingerprint density at radius 3 is 2.21 bits per heavy atom. The van der Waals surface area contributed by atoms with Crippen molar-refractivity contribution >= 4 is 35.2 Å². The van der Waals surface area contributed by atoms with E-state index in [1.807, 2.05) is 0 Å². The van der Waals surface area contributed by atoms with Crippen LogP contribution in [0.3, 0.4) is 0 Å². The van der Waals surface area contributed by atoms with Crippen LogP contribution >= 0.6 is 0 Å². The first-order chi connectivity index (χ1) is 14.0. The van der Waals surface area contributed by atoms with Gasteiger partial charge >= 0.3 is 0 Å². The van der Waals surface area contributed by atoms with Crippen molar-refractivity contribution in [2.24, 2.45) is 0 Å². The number of benzene rings is 2. The minimum absolute atomic E-state index is 0.0146. The second-order valence-corrected chi connectivity index (χ2v) is 6.21. The predicted octanol–water partition coefficient (Wildman–Crippen LogP) is 1.50. The molecule has 1 aromatic heterocycles. The molecule has 142 valence electrons. The Morgan fingerprint density at radius 2 is 1.55 bits per heavy atom. The summed E-state index contributed by atoms with van der Waals surface area (Å²) in [5, 5.41) is 13.4. The van der Waals surface area contributed by atoms with Crippen molar-refractivity contribution in [3.05, 3.63) is 89.1 Å². The molecule has 0 atom stereocenters. The summed E-state index contributed by atoms with van der Waals surface area (Å²) in [5.41, 5.74) is 0.838. The largest absolute Gasteiger partial charge is 0.545 e. The number of pyridine rings is 1. The lowest BCUT2D eigenvalue weighted by Gasteiger charge is -2.11. The normalized spacial score (nSPS) is 12.6. The van der Waals surface area contributed by atoms with Crippen LogP contribution in [0.1, 0.15) is 41.4 Å². The van der Waals surface area contributed by atoms with E-state index in [2.05, 4.69) is 10.3 Å². The number of hydrogen-bond acceptors (Lipinski definition) is 6. The van der Waals surface area contributed by atoms with Gasteiger partial charge in [0.1, 0.15) is 5.82 Å². The number of carboxylic acid groups (broad SMARTS) is 1. The summed E-state index contributed by atoms with van der Waals surface area (Å²) >= 11 is 0. The van der Waals surface area contributed by atoms with Crippen molar-refractivity contribution in [2.45, 2.75) is 0 Å². The number of aromatic carboxylic acids is 1. The molecular formula is C21H12N3O5-. The van der Waals surface area contributed by atoms with Gasteiger partial charge in [-0.3, -0.25) is 14.4 Å². The van der Waals surface area contributed by atoms with E-state index in [1.54, 1.807) is 18.2 Å². The lowest BCUT2D eigenvalue weighted by Crippen LogP contribution is -2.30. The van der Waals surface area contributed by atoms with Gasteiger partial charge in [0.05, 0.1) is 17.1 Å². The molecule has 1 aliphatic rings. The molecule has 0 saturated heterocycles. The van der Waals surface area contributed by atoms with Crippen molar-refractivity contribution in [1.29, 1.82) is 0 Å². The number of hydrogen-bond donors (Lipinski definition) is 1. The molecule has 2 heterocycles. The van der Waals surface area contributed by atoms with Gasteiger partial charge in [-0.15, -0.1) is 0 Å². The highest BCUT2D eigenvalue weighted by Gasteiger charge is 2.37. The highest BCUT2D eigenvalue weighted by Crippen LogP contribution is 2.28. The van der Waals surface area contributed by atoms with Crippen LogP contribution in [0.4, 0.5) is 11.5 Å². The van der Waals surface area contributed by atoms with Gasteiger partial charge in [-0.1, -0.05) is 18.2 Å². The molecule has 3 amide bonds. The topological polar surface area (TPSA) is 119 Å². The standard InChI is InChI=1S/C21H13N3O5/c25-18(23-14-7-4-12(5-8-14)21(28)29)13-6-9-15-16(11-13)20(27)24(19(15)26)17-3-1-2-10-22-17/h1-11H,(H,23,25)(H,28,29)/p-1. The molecule has 29 heavy (non-hydrogen) atoms. The second kappa shape index (κ2) is 7.01. The fraction of sp³-hybridized carbons (Fsp3) is 0. The van der Waals surface area contributed by atoms with Crippen molar-refractivity contribution in [3.8, 4) is 0 Å². The number of imide groups is 1. The third-order valence-corrected chi connectivity index (χ3v) is 4.41. The zero-order valence-corrected chi connectivity index (χ0v) is 14.8. The van der Waals surface area contributed by atoms with Crippen LogP contribution in [-0.4, -0.2) is 28.7 Å². The molecular weight excluding hydrogens is 374 g/mol. The number of aromatic nitrogens is 1. The van der Waals surface area contributed by atoms with Crippen LogP contribution in [0.15, 0.2) is 66.9 Å². The quantitative estimate of drug-likeness (QED) is 0.679. The van der Waals surface area contributed by atoms with Crippen molar-refractivity contribution < 1.29 is 24.3 Å². The lowest BCUT2D eigenvalue weighted by molar-refractivity contribution is -0.255. The van der Waals surface area contributed by atoms with E-state index >= 15 is 0 Å². The number of anilines is 2. The summed E-state index contributed by atoms with van der Waals surface area (Å²) in [4.78, 5) is 53.6. The number of carboxylic acids is 1. The summed E-state index contributed by atoms with van der Waals surface area (Å²) in [7, 11) is 0. The van der Waals surface area contributed by atoms with E-state index in [0.717, 1.165) is 4.90 Å². The van der Waals surface area contributed by atoms with E-state index < -0.39 is 23.7 Å². The Hall–Kier alpha value is -4.33. The van der Waals surface area contributed by atoms with E-state index in [-0.39, 0.29) is 28.1 Å². The summed E-state index contributed by atoms with van der Waals surface area (Å²) in [6.07, 6.45) is 1.48. The number of fused-ring (bicyclic) bond motifs is 1. The molecule has 0 fully saturated rings. The number of amides is 3. The minimum atomic E-state index is -1.32. The van der Waals surface area contributed by atoms with Gasteiger partial charge in [0.2, 0.25) is 0 Å². The molecule has 0 bridgehead atoms. The molecule has 2 aromatic carbocycles. The van der Waals surface area contributed by atoms with E-state index in [0.29, 0.717) is 5.69 Å². The number of carbonyl (C=O) groups is 4. The number of rotatable bonds is 4. The molecule has 0 aliphatic carbocycles. The van der Waals surface area contributed by atoms with Crippen LogP contribution in [-0.2, 0) is 0 Å². The molecule has 0 unspecified atom stereocenters. The van der Waals surface area contributed by atoms with Crippen LogP contribution in [0.25, 0.3) is 0 Å². The summed E-state index contributed by atoms with van der Waals surface area (Å²) in [6.45, 7) is 0. The Kier molecular flexibility index (Phi) is 4.36. The van der Waals surface area contributed by atoms with Crippen LogP contribution < -0.4 is 15.3 Å². The SMILES string of the molecule is O=C([O-])c1ccc(NC(=O)c2ccc3c(c2)C(=O)N(c2ccccn2)C3=O)cc1. The molecule has 0 saturated carbocycles. The molecule has 8 heteroatoms. The average molecular weight is 386 g/mol. The highest BCUT2D eigenvalue weighted by molar-refractivity contribution is 6.34. The average Bonchev–Trinajstić information content (AvgIpc) is 2.99. The van der Waals surface area contributed by atoms with Gasteiger partial charge in [0.15, 0.2) is 0 Å². The fourth-order valence-electron chi connectivity index (χ4n) is 2.97. The van der Waals surface area contributed by atoms with E-state index in [1.165, 1.54) is 48.7 Å². The molecule has 3 aromatic rings.